The van der Waals surface area contributed by atoms with Gasteiger partial charge in [0, 0.05) is 30.7 Å². The molecule has 2 aromatic rings. The van der Waals surface area contributed by atoms with Gasteiger partial charge in [-0.1, -0.05) is 16.8 Å². The maximum atomic E-state index is 9.09. The lowest BCUT2D eigenvalue weighted by Crippen LogP contribution is -2.34. The Hall–Kier alpha value is -1.83. The zero-order valence-electron chi connectivity index (χ0n) is 13.2. The summed E-state index contributed by atoms with van der Waals surface area (Å²) in [5.74, 6) is 1.48. The van der Waals surface area contributed by atoms with E-state index >= 15 is 0 Å². The van der Waals surface area contributed by atoms with Crippen LogP contribution < -0.4 is 9.47 Å². The van der Waals surface area contributed by atoms with Crippen LogP contribution in [-0.4, -0.2) is 44.9 Å². The predicted molar refractivity (Wildman–Crippen MR) is 87.1 cm³/mol. The van der Waals surface area contributed by atoms with E-state index in [0.717, 1.165) is 43.8 Å². The van der Waals surface area contributed by atoms with E-state index in [1.54, 1.807) is 0 Å². The molecule has 4 rings (SSSR count). The number of ether oxygens (including phenoxy) is 2. The fourth-order valence-electron chi connectivity index (χ4n) is 3.23. The molecule has 0 atom stereocenters. The van der Waals surface area contributed by atoms with Crippen molar-refractivity contribution in [1.29, 1.82) is 0 Å². The summed E-state index contributed by atoms with van der Waals surface area (Å²) in [6.07, 6.45) is 3.82. The summed E-state index contributed by atoms with van der Waals surface area (Å²) < 4.78 is 12.6. The molecule has 1 aromatic heterocycles. The zero-order chi connectivity index (χ0) is 16.5. The van der Waals surface area contributed by atoms with Crippen LogP contribution in [0, 0.1) is 0 Å². The highest BCUT2D eigenvalue weighted by Crippen LogP contribution is 2.37. The SMILES string of the molecule is OCc1cn(C2CCN(Cc3cc4c(cc3Cl)OCO4)CC2)nn1. The molecule has 128 valence electrons. The molecule has 1 N–H and O–H groups in total. The van der Waals surface area contributed by atoms with E-state index < -0.39 is 0 Å². The van der Waals surface area contributed by atoms with Gasteiger partial charge in [0.2, 0.25) is 6.79 Å². The first-order valence-corrected chi connectivity index (χ1v) is 8.42. The molecule has 0 amide bonds. The highest BCUT2D eigenvalue weighted by molar-refractivity contribution is 6.31. The van der Waals surface area contributed by atoms with Crippen molar-refractivity contribution in [2.75, 3.05) is 19.9 Å². The second-order valence-electron chi connectivity index (χ2n) is 6.15. The van der Waals surface area contributed by atoms with Crippen molar-refractivity contribution in [3.8, 4) is 11.5 Å². The van der Waals surface area contributed by atoms with Gasteiger partial charge in [0.1, 0.15) is 5.69 Å². The lowest BCUT2D eigenvalue weighted by atomic mass is 10.0. The fourth-order valence-corrected chi connectivity index (χ4v) is 3.44. The molecule has 1 saturated heterocycles. The Balaban J connectivity index is 1.38. The van der Waals surface area contributed by atoms with E-state index in [1.165, 1.54) is 0 Å². The number of rotatable bonds is 4. The van der Waals surface area contributed by atoms with Gasteiger partial charge in [-0.25, -0.2) is 4.68 Å². The summed E-state index contributed by atoms with van der Waals surface area (Å²) in [5.41, 5.74) is 1.67. The standard InChI is InChI=1S/C16H19ClN4O3/c17-14-6-16-15(23-10-24-16)5-11(14)7-20-3-1-13(2-4-20)21-8-12(9-22)18-19-21/h5-6,8,13,22H,1-4,7,9-10H2. The lowest BCUT2D eigenvalue weighted by molar-refractivity contribution is 0.170. The summed E-state index contributed by atoms with van der Waals surface area (Å²) in [6.45, 7) is 2.91. The Morgan fingerprint density at radius 3 is 2.67 bits per heavy atom. The smallest absolute Gasteiger partial charge is 0.231 e. The maximum Gasteiger partial charge on any atom is 0.231 e. The topological polar surface area (TPSA) is 72.6 Å². The van der Waals surface area contributed by atoms with Crippen LogP contribution >= 0.6 is 11.6 Å². The molecule has 0 unspecified atom stereocenters. The van der Waals surface area contributed by atoms with Crippen molar-refractivity contribution < 1.29 is 14.6 Å². The molecule has 2 aliphatic heterocycles. The lowest BCUT2D eigenvalue weighted by Gasteiger charge is -2.32. The van der Waals surface area contributed by atoms with Gasteiger partial charge in [0.25, 0.3) is 0 Å². The van der Waals surface area contributed by atoms with Gasteiger partial charge in [-0.3, -0.25) is 4.90 Å². The molecule has 24 heavy (non-hydrogen) atoms. The van der Waals surface area contributed by atoms with Crippen molar-refractivity contribution in [2.24, 2.45) is 0 Å². The molecular weight excluding hydrogens is 332 g/mol. The van der Waals surface area contributed by atoms with E-state index in [4.69, 9.17) is 26.2 Å². The third kappa shape index (κ3) is 3.07. The van der Waals surface area contributed by atoms with Crippen LogP contribution in [0.1, 0.15) is 30.1 Å². The summed E-state index contributed by atoms with van der Waals surface area (Å²) in [7, 11) is 0. The van der Waals surface area contributed by atoms with E-state index in [2.05, 4.69) is 15.2 Å². The average molecular weight is 351 g/mol. The van der Waals surface area contributed by atoms with Crippen molar-refractivity contribution >= 4 is 11.6 Å². The number of piperidine rings is 1. The molecule has 0 spiro atoms. The summed E-state index contributed by atoms with van der Waals surface area (Å²) in [6, 6.07) is 4.14. The van der Waals surface area contributed by atoms with Gasteiger partial charge in [0.15, 0.2) is 11.5 Å². The maximum absolute atomic E-state index is 9.09. The van der Waals surface area contributed by atoms with Crippen molar-refractivity contribution in [3.63, 3.8) is 0 Å². The molecule has 1 aromatic carbocycles. The van der Waals surface area contributed by atoms with E-state index in [0.29, 0.717) is 22.5 Å². The Morgan fingerprint density at radius 1 is 1.21 bits per heavy atom. The van der Waals surface area contributed by atoms with Crippen LogP contribution in [0.15, 0.2) is 18.3 Å². The number of benzene rings is 1. The van der Waals surface area contributed by atoms with Crippen molar-refractivity contribution in [2.45, 2.75) is 32.0 Å². The first-order valence-electron chi connectivity index (χ1n) is 8.05. The number of fused-ring (bicyclic) bond motifs is 1. The van der Waals surface area contributed by atoms with Gasteiger partial charge in [0.05, 0.1) is 18.8 Å². The Bertz CT molecular complexity index is 728. The summed E-state index contributed by atoms with van der Waals surface area (Å²) in [4.78, 5) is 2.38. The number of aliphatic hydroxyl groups excluding tert-OH is 1. The number of aromatic nitrogens is 3. The van der Waals surface area contributed by atoms with E-state index in [1.807, 2.05) is 23.0 Å². The van der Waals surface area contributed by atoms with Crippen LogP contribution in [0.25, 0.3) is 0 Å². The average Bonchev–Trinajstić information content (AvgIpc) is 3.24. The van der Waals surface area contributed by atoms with Gasteiger partial charge < -0.3 is 14.6 Å². The van der Waals surface area contributed by atoms with Gasteiger partial charge in [-0.2, -0.15) is 0 Å². The Labute approximate surface area is 144 Å². The fraction of sp³-hybridized carbons (Fsp3) is 0.500. The Morgan fingerprint density at radius 2 is 1.96 bits per heavy atom. The number of halogens is 1. The number of hydrogen-bond donors (Lipinski definition) is 1. The molecule has 0 bridgehead atoms. The number of aliphatic hydroxyl groups is 1. The molecule has 8 heteroatoms. The van der Waals surface area contributed by atoms with Gasteiger partial charge in [-0.15, -0.1) is 5.10 Å². The Kier molecular flexibility index (Phi) is 4.30. The first kappa shape index (κ1) is 15.7. The summed E-state index contributed by atoms with van der Waals surface area (Å²) in [5, 5.41) is 17.9. The van der Waals surface area contributed by atoms with E-state index in [-0.39, 0.29) is 13.4 Å². The molecule has 3 heterocycles. The highest BCUT2D eigenvalue weighted by atomic mass is 35.5. The minimum atomic E-state index is -0.0680. The zero-order valence-corrected chi connectivity index (χ0v) is 13.9. The van der Waals surface area contributed by atoms with Crippen LogP contribution in [0.2, 0.25) is 5.02 Å². The third-order valence-electron chi connectivity index (χ3n) is 4.59. The quantitative estimate of drug-likeness (QED) is 0.909. The minimum Gasteiger partial charge on any atom is -0.454 e. The normalized spacial score (nSPS) is 18.2. The van der Waals surface area contributed by atoms with Crippen LogP contribution in [0.3, 0.4) is 0 Å². The highest BCUT2D eigenvalue weighted by Gasteiger charge is 2.23. The second kappa shape index (κ2) is 6.58. The van der Waals surface area contributed by atoms with E-state index in [9.17, 15) is 0 Å². The van der Waals surface area contributed by atoms with Gasteiger partial charge >= 0.3 is 0 Å². The van der Waals surface area contributed by atoms with Crippen molar-refractivity contribution in [3.05, 3.63) is 34.6 Å². The molecule has 7 nitrogen and oxygen atoms in total. The number of hydrogen-bond acceptors (Lipinski definition) is 6. The van der Waals surface area contributed by atoms with Crippen molar-refractivity contribution in [1.82, 2.24) is 19.9 Å². The van der Waals surface area contributed by atoms with Gasteiger partial charge in [-0.05, 0) is 24.5 Å². The molecule has 2 aliphatic rings. The largest absolute Gasteiger partial charge is 0.454 e. The number of nitrogens with zero attached hydrogens (tertiary/aromatic N) is 4. The van der Waals surface area contributed by atoms with Crippen LogP contribution in [0.5, 0.6) is 11.5 Å². The molecule has 0 radical (unpaired) electrons. The number of likely N-dealkylation sites (tertiary alicyclic amines) is 1. The molecule has 1 fully saturated rings. The molecular formula is C16H19ClN4O3. The van der Waals surface area contributed by atoms with Crippen LogP contribution in [0.4, 0.5) is 0 Å². The van der Waals surface area contributed by atoms with Crippen LogP contribution in [-0.2, 0) is 13.2 Å². The molecule has 0 aliphatic carbocycles. The molecule has 0 saturated carbocycles. The summed E-state index contributed by atoms with van der Waals surface area (Å²) >= 11 is 6.36. The second-order valence-corrected chi connectivity index (χ2v) is 6.56. The predicted octanol–water partition coefficient (Wildman–Crippen LogP) is 1.99. The monoisotopic (exact) mass is 350 g/mol. The first-order chi connectivity index (χ1) is 11.7. The minimum absolute atomic E-state index is 0.0680. The third-order valence-corrected chi connectivity index (χ3v) is 4.94.